The topological polar surface area (TPSA) is 58.6 Å². The number of nitrogens with zero attached hydrogens (tertiary/aromatic N) is 1. The second-order valence-electron chi connectivity index (χ2n) is 5.96. The Hall–Kier alpha value is -1.60. The molecular weight excluding hydrogens is 360 g/mol. The molecule has 0 atom stereocenters. The maximum atomic E-state index is 12.6. The van der Waals surface area contributed by atoms with Gasteiger partial charge in [-0.3, -0.25) is 0 Å². The van der Waals surface area contributed by atoms with Gasteiger partial charge in [-0.25, -0.2) is 13.1 Å². The van der Waals surface area contributed by atoms with E-state index in [9.17, 15) is 8.42 Å². The Labute approximate surface area is 153 Å². The summed E-state index contributed by atoms with van der Waals surface area (Å²) in [5.41, 5.74) is 2.61. The van der Waals surface area contributed by atoms with Gasteiger partial charge < -0.3 is 9.64 Å². The Kier molecular flexibility index (Phi) is 5.64. The van der Waals surface area contributed by atoms with Crippen LogP contribution in [0.4, 0.5) is 5.69 Å². The molecule has 1 aliphatic rings. The predicted molar refractivity (Wildman–Crippen MR) is 99.7 cm³/mol. The van der Waals surface area contributed by atoms with Gasteiger partial charge in [0, 0.05) is 30.3 Å². The molecule has 0 spiro atoms. The number of benzene rings is 2. The van der Waals surface area contributed by atoms with E-state index in [1.165, 1.54) is 6.07 Å². The Morgan fingerprint density at radius 3 is 2.60 bits per heavy atom. The largest absolute Gasteiger partial charge is 0.378 e. The minimum Gasteiger partial charge on any atom is -0.378 e. The first-order valence-electron chi connectivity index (χ1n) is 8.14. The molecule has 2 aromatic carbocycles. The van der Waals surface area contributed by atoms with Crippen LogP contribution in [-0.4, -0.2) is 34.7 Å². The van der Waals surface area contributed by atoms with Crippen LogP contribution >= 0.6 is 11.6 Å². The molecule has 0 aliphatic carbocycles. The van der Waals surface area contributed by atoms with Gasteiger partial charge in [-0.1, -0.05) is 29.8 Å². The maximum Gasteiger partial charge on any atom is 0.241 e. The van der Waals surface area contributed by atoms with Crippen molar-refractivity contribution in [3.63, 3.8) is 0 Å². The molecule has 0 saturated carbocycles. The van der Waals surface area contributed by atoms with Crippen molar-refractivity contribution in [1.82, 2.24) is 4.72 Å². The average molecular weight is 381 g/mol. The first kappa shape index (κ1) is 18.2. The van der Waals surface area contributed by atoms with E-state index in [0.29, 0.717) is 23.8 Å². The lowest BCUT2D eigenvalue weighted by molar-refractivity contribution is 0.122. The van der Waals surface area contributed by atoms with Crippen LogP contribution in [0.3, 0.4) is 0 Å². The molecule has 0 aromatic heterocycles. The van der Waals surface area contributed by atoms with E-state index in [1.54, 1.807) is 19.1 Å². The van der Waals surface area contributed by atoms with Crippen molar-refractivity contribution >= 4 is 27.3 Å². The quantitative estimate of drug-likeness (QED) is 0.866. The van der Waals surface area contributed by atoms with Crippen LogP contribution in [0.2, 0.25) is 5.02 Å². The molecule has 2 aromatic rings. The van der Waals surface area contributed by atoms with Gasteiger partial charge in [0.2, 0.25) is 10.0 Å². The number of hydrogen-bond donors (Lipinski definition) is 1. The normalized spacial score (nSPS) is 15.4. The van der Waals surface area contributed by atoms with Crippen LogP contribution in [0.15, 0.2) is 47.4 Å². The van der Waals surface area contributed by atoms with Crippen LogP contribution in [0, 0.1) is 6.92 Å². The minimum absolute atomic E-state index is 0.234. The van der Waals surface area contributed by atoms with Crippen LogP contribution < -0.4 is 9.62 Å². The summed E-state index contributed by atoms with van der Waals surface area (Å²) in [6, 6.07) is 12.6. The summed E-state index contributed by atoms with van der Waals surface area (Å²) in [5.74, 6) is 0. The summed E-state index contributed by atoms with van der Waals surface area (Å²) in [4.78, 5) is 2.47. The van der Waals surface area contributed by atoms with Gasteiger partial charge in [-0.05, 0) is 42.3 Å². The zero-order chi connectivity index (χ0) is 17.9. The second-order valence-corrected chi connectivity index (χ2v) is 8.13. The third-order valence-electron chi connectivity index (χ3n) is 4.22. The van der Waals surface area contributed by atoms with Crippen LogP contribution in [0.1, 0.15) is 11.1 Å². The molecule has 0 amide bonds. The molecular formula is C18H21ClN2O3S. The number of ether oxygens (including phenoxy) is 1. The van der Waals surface area contributed by atoms with E-state index < -0.39 is 10.0 Å². The van der Waals surface area contributed by atoms with E-state index in [-0.39, 0.29) is 11.4 Å². The van der Waals surface area contributed by atoms with E-state index in [1.807, 2.05) is 24.3 Å². The Morgan fingerprint density at radius 1 is 1.16 bits per heavy atom. The molecule has 5 nitrogen and oxygen atoms in total. The molecule has 1 N–H and O–H groups in total. The van der Waals surface area contributed by atoms with Gasteiger partial charge in [0.25, 0.3) is 0 Å². The van der Waals surface area contributed by atoms with Crippen molar-refractivity contribution in [1.29, 1.82) is 0 Å². The standard InChI is InChI=1S/C18H21ClN2O3S/c1-14-12-16(19)6-7-18(14)25(22,23)20-13-15-4-2-3-5-17(15)21-8-10-24-11-9-21/h2-7,12,20H,8-11,13H2,1H3. The highest BCUT2D eigenvalue weighted by molar-refractivity contribution is 7.89. The smallest absolute Gasteiger partial charge is 0.241 e. The molecule has 134 valence electrons. The highest BCUT2D eigenvalue weighted by Gasteiger charge is 2.19. The van der Waals surface area contributed by atoms with E-state index >= 15 is 0 Å². The van der Waals surface area contributed by atoms with Crippen molar-refractivity contribution in [2.24, 2.45) is 0 Å². The summed E-state index contributed by atoms with van der Waals surface area (Å²) in [7, 11) is -3.61. The van der Waals surface area contributed by atoms with Crippen molar-refractivity contribution in [2.75, 3.05) is 31.2 Å². The number of nitrogens with one attached hydrogen (secondary N) is 1. The summed E-state index contributed by atoms with van der Waals surface area (Å²) in [5, 5.41) is 0.522. The summed E-state index contributed by atoms with van der Waals surface area (Å²) in [6.07, 6.45) is 0. The molecule has 3 rings (SSSR count). The molecule has 1 saturated heterocycles. The summed E-state index contributed by atoms with van der Waals surface area (Å²) in [6.45, 7) is 4.95. The van der Waals surface area contributed by atoms with Crippen LogP contribution in [0.5, 0.6) is 0 Å². The van der Waals surface area contributed by atoms with E-state index in [0.717, 1.165) is 24.3 Å². The Balaban J connectivity index is 1.79. The molecule has 1 fully saturated rings. The van der Waals surface area contributed by atoms with Gasteiger partial charge >= 0.3 is 0 Å². The number of rotatable bonds is 5. The van der Waals surface area contributed by atoms with Crippen molar-refractivity contribution in [2.45, 2.75) is 18.4 Å². The van der Waals surface area contributed by atoms with Crippen molar-refractivity contribution in [3.05, 3.63) is 58.6 Å². The first-order chi connectivity index (χ1) is 12.0. The number of sulfonamides is 1. The molecule has 0 radical (unpaired) electrons. The molecule has 25 heavy (non-hydrogen) atoms. The molecule has 0 bridgehead atoms. The monoisotopic (exact) mass is 380 g/mol. The lowest BCUT2D eigenvalue weighted by atomic mass is 10.1. The predicted octanol–water partition coefficient (Wildman–Crippen LogP) is 2.96. The molecule has 7 heteroatoms. The average Bonchev–Trinajstić information content (AvgIpc) is 2.61. The third kappa shape index (κ3) is 4.33. The molecule has 1 heterocycles. The van der Waals surface area contributed by atoms with Gasteiger partial charge in [0.15, 0.2) is 0 Å². The number of hydrogen-bond acceptors (Lipinski definition) is 4. The molecule has 1 aliphatic heterocycles. The second kappa shape index (κ2) is 7.74. The fourth-order valence-corrected chi connectivity index (χ4v) is 4.40. The fourth-order valence-electron chi connectivity index (χ4n) is 2.94. The number of anilines is 1. The van der Waals surface area contributed by atoms with Crippen LogP contribution in [-0.2, 0) is 21.3 Å². The van der Waals surface area contributed by atoms with Gasteiger partial charge in [-0.2, -0.15) is 0 Å². The van der Waals surface area contributed by atoms with Crippen molar-refractivity contribution in [3.8, 4) is 0 Å². The van der Waals surface area contributed by atoms with Crippen LogP contribution in [0.25, 0.3) is 0 Å². The first-order valence-corrected chi connectivity index (χ1v) is 10.00. The van der Waals surface area contributed by atoms with E-state index in [2.05, 4.69) is 9.62 Å². The third-order valence-corrected chi connectivity index (χ3v) is 6.02. The number of aryl methyl sites for hydroxylation is 1. The minimum atomic E-state index is -3.61. The maximum absolute atomic E-state index is 12.6. The van der Waals surface area contributed by atoms with Crippen molar-refractivity contribution < 1.29 is 13.2 Å². The van der Waals surface area contributed by atoms with Gasteiger partial charge in [-0.15, -0.1) is 0 Å². The number of halogens is 1. The lowest BCUT2D eigenvalue weighted by Gasteiger charge is -2.30. The zero-order valence-corrected chi connectivity index (χ0v) is 15.6. The highest BCUT2D eigenvalue weighted by atomic mass is 35.5. The number of morpholine rings is 1. The molecule has 0 unspecified atom stereocenters. The summed E-state index contributed by atoms with van der Waals surface area (Å²) >= 11 is 5.92. The van der Waals surface area contributed by atoms with Gasteiger partial charge in [0.1, 0.15) is 0 Å². The lowest BCUT2D eigenvalue weighted by Crippen LogP contribution is -2.37. The zero-order valence-electron chi connectivity index (χ0n) is 14.0. The highest BCUT2D eigenvalue weighted by Crippen LogP contribution is 2.23. The Morgan fingerprint density at radius 2 is 1.88 bits per heavy atom. The van der Waals surface area contributed by atoms with E-state index in [4.69, 9.17) is 16.3 Å². The number of para-hydroxylation sites is 1. The fraction of sp³-hybridized carbons (Fsp3) is 0.333. The Bertz CT molecular complexity index is 849. The SMILES string of the molecule is Cc1cc(Cl)ccc1S(=O)(=O)NCc1ccccc1N1CCOCC1. The summed E-state index contributed by atoms with van der Waals surface area (Å²) < 4.78 is 33.4. The van der Waals surface area contributed by atoms with Gasteiger partial charge in [0.05, 0.1) is 18.1 Å².